The van der Waals surface area contributed by atoms with Gasteiger partial charge in [0.15, 0.2) is 0 Å². The second kappa shape index (κ2) is 5.38. The van der Waals surface area contributed by atoms with E-state index in [-0.39, 0.29) is 17.9 Å². The molecule has 9 nitrogen and oxygen atoms in total. The number of anilines is 1. The average Bonchev–Trinajstić information content (AvgIpc) is 2.29. The van der Waals surface area contributed by atoms with Gasteiger partial charge in [0.2, 0.25) is 0 Å². The third-order valence-electron chi connectivity index (χ3n) is 1.78. The van der Waals surface area contributed by atoms with Crippen molar-refractivity contribution in [1.82, 2.24) is 5.43 Å². The topological polar surface area (TPSA) is 134 Å². The fourth-order valence-electron chi connectivity index (χ4n) is 1.07. The summed E-state index contributed by atoms with van der Waals surface area (Å²) < 4.78 is 0. The second-order valence-corrected chi connectivity index (χ2v) is 2.85. The molecule has 0 amide bonds. The number of non-ortho nitro benzene ring substituents is 1. The van der Waals surface area contributed by atoms with Gasteiger partial charge in [-0.2, -0.15) is 5.26 Å². The van der Waals surface area contributed by atoms with E-state index in [0.717, 1.165) is 12.1 Å². The summed E-state index contributed by atoms with van der Waals surface area (Å²) in [4.78, 5) is 19.7. The van der Waals surface area contributed by atoms with E-state index >= 15 is 0 Å². The maximum absolute atomic E-state index is 10.7. The van der Waals surface area contributed by atoms with Gasteiger partial charge in [-0.3, -0.25) is 20.2 Å². The maximum atomic E-state index is 10.7. The molecule has 0 aliphatic heterocycles. The van der Waals surface area contributed by atoms with Gasteiger partial charge in [0, 0.05) is 6.07 Å². The van der Waals surface area contributed by atoms with Crippen LogP contribution >= 0.6 is 0 Å². The zero-order chi connectivity index (χ0) is 12.8. The highest BCUT2D eigenvalue weighted by atomic mass is 16.6. The molecule has 1 aromatic carbocycles. The van der Waals surface area contributed by atoms with Gasteiger partial charge in [0.25, 0.3) is 5.69 Å². The zero-order valence-corrected chi connectivity index (χ0v) is 8.41. The lowest BCUT2D eigenvalue weighted by Crippen LogP contribution is -2.22. The first-order valence-electron chi connectivity index (χ1n) is 4.35. The third-order valence-corrected chi connectivity index (χ3v) is 1.78. The van der Waals surface area contributed by atoms with Crippen molar-refractivity contribution >= 4 is 17.1 Å². The number of hydrazine groups is 1. The van der Waals surface area contributed by atoms with Crippen molar-refractivity contribution in [3.8, 4) is 6.07 Å². The summed E-state index contributed by atoms with van der Waals surface area (Å²) in [5.41, 5.74) is 4.07. The number of hydrogen-bond acceptors (Lipinski definition) is 7. The molecule has 17 heavy (non-hydrogen) atoms. The second-order valence-electron chi connectivity index (χ2n) is 2.85. The normalized spacial score (nSPS) is 9.35. The molecule has 0 saturated heterocycles. The predicted octanol–water partition coefficient (Wildman–Crippen LogP) is 0.943. The summed E-state index contributed by atoms with van der Waals surface area (Å²) in [6.07, 6.45) is 0. The third kappa shape index (κ3) is 3.11. The summed E-state index contributed by atoms with van der Waals surface area (Å²) in [7, 11) is 0. The van der Waals surface area contributed by atoms with Gasteiger partial charge in [-0.05, 0) is 6.07 Å². The van der Waals surface area contributed by atoms with Crippen LogP contribution in [0, 0.1) is 31.6 Å². The molecule has 88 valence electrons. The van der Waals surface area contributed by atoms with E-state index < -0.39 is 15.5 Å². The van der Waals surface area contributed by atoms with Crippen molar-refractivity contribution in [3.63, 3.8) is 0 Å². The van der Waals surface area contributed by atoms with Crippen LogP contribution in [0.2, 0.25) is 0 Å². The van der Waals surface area contributed by atoms with Crippen LogP contribution < -0.4 is 10.9 Å². The molecule has 0 atom stereocenters. The Bertz CT molecular complexity index is 495. The van der Waals surface area contributed by atoms with E-state index in [1.165, 1.54) is 6.07 Å². The first-order chi connectivity index (χ1) is 8.06. The van der Waals surface area contributed by atoms with Crippen LogP contribution in [0.15, 0.2) is 18.2 Å². The molecule has 2 N–H and O–H groups in total. The number of benzene rings is 1. The van der Waals surface area contributed by atoms with E-state index in [4.69, 9.17) is 5.26 Å². The van der Waals surface area contributed by atoms with Gasteiger partial charge >= 0.3 is 5.69 Å². The molecule has 1 aromatic rings. The zero-order valence-electron chi connectivity index (χ0n) is 8.41. The highest BCUT2D eigenvalue weighted by Crippen LogP contribution is 2.28. The molecule has 9 heteroatoms. The Kier molecular flexibility index (Phi) is 3.91. The molecular weight excluding hydrogens is 230 g/mol. The predicted molar refractivity (Wildman–Crippen MR) is 57.0 cm³/mol. The molecule has 0 radical (unpaired) electrons. The number of hydrogen-bond donors (Lipinski definition) is 2. The fourth-order valence-corrected chi connectivity index (χ4v) is 1.07. The number of nitro benzene ring substituents is 2. The van der Waals surface area contributed by atoms with E-state index in [0.29, 0.717) is 0 Å². The highest BCUT2D eigenvalue weighted by Gasteiger charge is 2.18. The summed E-state index contributed by atoms with van der Waals surface area (Å²) in [6, 6.07) is 4.93. The minimum Gasteiger partial charge on any atom is -0.315 e. The molecule has 0 aliphatic carbocycles. The van der Waals surface area contributed by atoms with Gasteiger partial charge in [-0.1, -0.05) is 0 Å². The Labute approximate surface area is 94.9 Å². The summed E-state index contributed by atoms with van der Waals surface area (Å²) >= 11 is 0. The van der Waals surface area contributed by atoms with Crippen molar-refractivity contribution in [2.45, 2.75) is 0 Å². The Balaban J connectivity index is 3.01. The van der Waals surface area contributed by atoms with Crippen molar-refractivity contribution in [2.24, 2.45) is 0 Å². The minimum absolute atomic E-state index is 0.0517. The lowest BCUT2D eigenvalue weighted by atomic mass is 10.2. The summed E-state index contributed by atoms with van der Waals surface area (Å²) in [6.45, 7) is -0.0614. The number of nitrogens with zero attached hydrogens (tertiary/aromatic N) is 3. The van der Waals surface area contributed by atoms with Crippen LogP contribution in [-0.4, -0.2) is 16.4 Å². The van der Waals surface area contributed by atoms with Gasteiger partial charge in [0.1, 0.15) is 12.2 Å². The van der Waals surface area contributed by atoms with Crippen LogP contribution in [-0.2, 0) is 0 Å². The van der Waals surface area contributed by atoms with Crippen LogP contribution in [0.5, 0.6) is 0 Å². The Morgan fingerprint density at radius 3 is 2.53 bits per heavy atom. The highest BCUT2D eigenvalue weighted by molar-refractivity contribution is 5.64. The van der Waals surface area contributed by atoms with Crippen molar-refractivity contribution < 1.29 is 9.85 Å². The van der Waals surface area contributed by atoms with Gasteiger partial charge in [0.05, 0.1) is 22.0 Å². The SMILES string of the molecule is N#CCNNc1ccc([N+](=O)[O-])cc1[N+](=O)[O-]. The van der Waals surface area contributed by atoms with E-state index in [1.54, 1.807) is 6.07 Å². The summed E-state index contributed by atoms with van der Waals surface area (Å²) in [5, 5.41) is 29.4. The Morgan fingerprint density at radius 1 is 1.29 bits per heavy atom. The molecule has 0 aromatic heterocycles. The Morgan fingerprint density at radius 2 is 2.00 bits per heavy atom. The van der Waals surface area contributed by atoms with E-state index in [1.807, 2.05) is 0 Å². The van der Waals surface area contributed by atoms with Crippen molar-refractivity contribution in [2.75, 3.05) is 12.0 Å². The first kappa shape index (κ1) is 12.3. The van der Waals surface area contributed by atoms with Crippen molar-refractivity contribution in [1.29, 1.82) is 5.26 Å². The monoisotopic (exact) mass is 237 g/mol. The molecule has 0 unspecified atom stereocenters. The molecule has 0 saturated carbocycles. The van der Waals surface area contributed by atoms with Gasteiger partial charge < -0.3 is 5.43 Å². The van der Waals surface area contributed by atoms with Crippen LogP contribution in [0.25, 0.3) is 0 Å². The first-order valence-corrected chi connectivity index (χ1v) is 4.35. The fraction of sp³-hybridized carbons (Fsp3) is 0.125. The molecule has 1 rings (SSSR count). The smallest absolute Gasteiger partial charge is 0.300 e. The molecule has 0 spiro atoms. The Hall–Kier alpha value is -2.73. The van der Waals surface area contributed by atoms with Gasteiger partial charge in [-0.15, -0.1) is 0 Å². The molecule has 0 aliphatic rings. The van der Waals surface area contributed by atoms with Crippen LogP contribution in [0.3, 0.4) is 0 Å². The van der Waals surface area contributed by atoms with E-state index in [9.17, 15) is 20.2 Å². The maximum Gasteiger partial charge on any atom is 0.300 e. The van der Waals surface area contributed by atoms with Crippen LogP contribution in [0.4, 0.5) is 17.1 Å². The molecule has 0 heterocycles. The van der Waals surface area contributed by atoms with E-state index in [2.05, 4.69) is 10.9 Å². The van der Waals surface area contributed by atoms with Crippen LogP contribution in [0.1, 0.15) is 0 Å². The number of nitro groups is 2. The molecule has 0 fully saturated rings. The van der Waals surface area contributed by atoms with Crippen molar-refractivity contribution in [3.05, 3.63) is 38.4 Å². The lowest BCUT2D eigenvalue weighted by molar-refractivity contribution is -0.393. The van der Waals surface area contributed by atoms with Gasteiger partial charge in [-0.25, -0.2) is 5.43 Å². The molecule has 0 bridgehead atoms. The standard InChI is InChI=1S/C8H7N5O4/c9-3-4-10-11-7-2-1-6(12(14)15)5-8(7)13(16)17/h1-2,5,10-11H,4H2. The number of nitrogens with one attached hydrogen (secondary N) is 2. The lowest BCUT2D eigenvalue weighted by Gasteiger charge is -2.05. The number of nitriles is 1. The quantitative estimate of drug-likeness (QED) is 0.336. The average molecular weight is 237 g/mol. The largest absolute Gasteiger partial charge is 0.315 e. The number of rotatable bonds is 5. The minimum atomic E-state index is -0.747. The summed E-state index contributed by atoms with van der Waals surface area (Å²) in [5.74, 6) is 0. The molecular formula is C8H7N5O4.